The summed E-state index contributed by atoms with van der Waals surface area (Å²) in [5, 5.41) is 6.43. The molecule has 0 saturated carbocycles. The Morgan fingerprint density at radius 3 is 2.74 bits per heavy atom. The van der Waals surface area contributed by atoms with Crippen LogP contribution in [0.4, 0.5) is 9.18 Å². The van der Waals surface area contributed by atoms with Gasteiger partial charge in [0.1, 0.15) is 17.7 Å². The average Bonchev–Trinajstić information content (AvgIpc) is 2.93. The Hall–Kier alpha value is -2.49. The van der Waals surface area contributed by atoms with Crippen molar-refractivity contribution in [2.45, 2.75) is 39.8 Å². The van der Waals surface area contributed by atoms with E-state index in [0.717, 1.165) is 14.7 Å². The van der Waals surface area contributed by atoms with Crippen LogP contribution in [0.25, 0.3) is 5.82 Å². The minimum absolute atomic E-state index is 0.111. The molecule has 0 saturated heterocycles. The first kappa shape index (κ1) is 20.8. The minimum Gasteiger partial charge on any atom is -0.444 e. The zero-order valence-electron chi connectivity index (χ0n) is 15.5. The summed E-state index contributed by atoms with van der Waals surface area (Å²) in [6.07, 6.45) is 2.57. The van der Waals surface area contributed by atoms with Crippen LogP contribution < -0.4 is 11.0 Å². The van der Waals surface area contributed by atoms with Gasteiger partial charge in [-0.2, -0.15) is 5.10 Å². The van der Waals surface area contributed by atoms with Gasteiger partial charge >= 0.3 is 11.8 Å². The summed E-state index contributed by atoms with van der Waals surface area (Å²) in [6, 6.07) is 1.73. The first-order chi connectivity index (χ1) is 12.6. The number of rotatable bonds is 5. The number of hydrogen-bond donors (Lipinski definition) is 1. The molecule has 0 aromatic carbocycles. The van der Waals surface area contributed by atoms with Gasteiger partial charge in [0.25, 0.3) is 0 Å². The third-order valence-corrected chi connectivity index (χ3v) is 4.21. The monoisotopic (exact) mass is 441 g/mol. The number of carbonyl (C=O) groups is 1. The van der Waals surface area contributed by atoms with Gasteiger partial charge in [0.2, 0.25) is 0 Å². The standard InChI is InChI=1S/C17H21BrFN5O3/c1-11-5-14(20-8-13(11)18)23-10-22-24(16(23)26)9-12(6-19)7-21-15(25)27-17(2,3)4/h5-6,8,10H,7,9H2,1-4H3,(H,21,25)/b12-6-. The van der Waals surface area contributed by atoms with Gasteiger partial charge in [0.15, 0.2) is 0 Å². The van der Waals surface area contributed by atoms with Crippen LogP contribution in [-0.4, -0.2) is 37.6 Å². The molecule has 0 aliphatic rings. The van der Waals surface area contributed by atoms with E-state index in [1.54, 1.807) is 33.0 Å². The number of pyridine rings is 1. The fourth-order valence-electron chi connectivity index (χ4n) is 2.08. The van der Waals surface area contributed by atoms with E-state index in [9.17, 15) is 14.0 Å². The van der Waals surface area contributed by atoms with Crippen molar-refractivity contribution in [1.29, 1.82) is 0 Å². The highest BCUT2D eigenvalue weighted by atomic mass is 79.9. The Bertz CT molecular complexity index is 914. The van der Waals surface area contributed by atoms with Gasteiger partial charge in [-0.15, -0.1) is 0 Å². The van der Waals surface area contributed by atoms with E-state index < -0.39 is 17.4 Å². The molecule has 0 fully saturated rings. The Balaban J connectivity index is 2.08. The molecule has 0 bridgehead atoms. The normalized spacial score (nSPS) is 12.1. The van der Waals surface area contributed by atoms with Crippen LogP contribution in [0.15, 0.2) is 39.8 Å². The van der Waals surface area contributed by atoms with Crippen molar-refractivity contribution < 1.29 is 13.9 Å². The fraction of sp³-hybridized carbons (Fsp3) is 0.412. The van der Waals surface area contributed by atoms with Gasteiger partial charge in [-0.25, -0.2) is 28.2 Å². The van der Waals surface area contributed by atoms with E-state index in [2.05, 4.69) is 31.3 Å². The highest BCUT2D eigenvalue weighted by Crippen LogP contribution is 2.16. The lowest BCUT2D eigenvalue weighted by Crippen LogP contribution is -2.34. The predicted molar refractivity (Wildman–Crippen MR) is 101 cm³/mol. The molecule has 0 radical (unpaired) electrons. The molecule has 2 aromatic heterocycles. The highest BCUT2D eigenvalue weighted by Gasteiger charge is 2.17. The second-order valence-corrected chi connectivity index (χ2v) is 7.71. The van der Waals surface area contributed by atoms with Crippen LogP contribution in [0, 0.1) is 6.92 Å². The van der Waals surface area contributed by atoms with Crippen LogP contribution in [0.3, 0.4) is 0 Å². The summed E-state index contributed by atoms with van der Waals surface area (Å²) in [7, 11) is 0. The van der Waals surface area contributed by atoms with E-state index in [1.807, 2.05) is 6.92 Å². The Kier molecular flexibility index (Phi) is 6.53. The van der Waals surface area contributed by atoms with Gasteiger partial charge in [0, 0.05) is 17.2 Å². The van der Waals surface area contributed by atoms with E-state index in [0.29, 0.717) is 12.1 Å². The lowest BCUT2D eigenvalue weighted by Gasteiger charge is -2.19. The first-order valence-corrected chi connectivity index (χ1v) is 8.92. The summed E-state index contributed by atoms with van der Waals surface area (Å²) in [5.41, 5.74) is -0.0607. The number of aromatic nitrogens is 4. The Morgan fingerprint density at radius 2 is 2.15 bits per heavy atom. The lowest BCUT2D eigenvalue weighted by atomic mass is 10.2. The SMILES string of the molecule is Cc1cc(-n2cnn(C/C(=C\F)CNC(=O)OC(C)(C)C)c2=O)ncc1Br. The van der Waals surface area contributed by atoms with Crippen molar-refractivity contribution >= 4 is 22.0 Å². The second-order valence-electron chi connectivity index (χ2n) is 6.86. The summed E-state index contributed by atoms with van der Waals surface area (Å²) >= 11 is 3.35. The molecule has 1 amide bonds. The van der Waals surface area contributed by atoms with Gasteiger partial charge in [-0.3, -0.25) is 0 Å². The maximum Gasteiger partial charge on any atom is 0.407 e. The molecule has 10 heteroatoms. The number of aryl methyl sites for hydroxylation is 1. The van der Waals surface area contributed by atoms with Gasteiger partial charge in [-0.1, -0.05) is 0 Å². The molecule has 2 rings (SSSR count). The Morgan fingerprint density at radius 1 is 1.44 bits per heavy atom. The molecule has 1 N–H and O–H groups in total. The van der Waals surface area contributed by atoms with Crippen molar-refractivity contribution in [3.63, 3.8) is 0 Å². The molecular weight excluding hydrogens is 421 g/mol. The number of nitrogens with one attached hydrogen (secondary N) is 1. The fourth-order valence-corrected chi connectivity index (χ4v) is 2.30. The Labute approximate surface area is 164 Å². The quantitative estimate of drug-likeness (QED) is 0.769. The highest BCUT2D eigenvalue weighted by molar-refractivity contribution is 9.10. The van der Waals surface area contributed by atoms with Crippen molar-refractivity contribution in [3.05, 3.63) is 51.0 Å². The van der Waals surface area contributed by atoms with Crippen LogP contribution in [0.1, 0.15) is 26.3 Å². The number of ether oxygens (including phenoxy) is 1. The number of nitrogens with zero attached hydrogens (tertiary/aromatic N) is 4. The van der Waals surface area contributed by atoms with Gasteiger partial charge in [-0.05, 0) is 60.8 Å². The molecule has 2 heterocycles. The van der Waals surface area contributed by atoms with Crippen molar-refractivity contribution in [3.8, 4) is 5.82 Å². The zero-order chi connectivity index (χ0) is 20.2. The van der Waals surface area contributed by atoms with E-state index in [4.69, 9.17) is 4.74 Å². The van der Waals surface area contributed by atoms with E-state index in [-0.39, 0.29) is 18.7 Å². The maximum atomic E-state index is 13.2. The molecule has 0 aliphatic carbocycles. The second kappa shape index (κ2) is 8.47. The molecule has 0 unspecified atom stereocenters. The number of amides is 1. The van der Waals surface area contributed by atoms with E-state index in [1.165, 1.54) is 10.9 Å². The smallest absolute Gasteiger partial charge is 0.407 e. The first-order valence-electron chi connectivity index (χ1n) is 8.12. The van der Waals surface area contributed by atoms with Crippen LogP contribution >= 0.6 is 15.9 Å². The minimum atomic E-state index is -0.672. The van der Waals surface area contributed by atoms with E-state index >= 15 is 0 Å². The zero-order valence-corrected chi connectivity index (χ0v) is 17.1. The van der Waals surface area contributed by atoms with Crippen molar-refractivity contribution in [2.75, 3.05) is 6.54 Å². The van der Waals surface area contributed by atoms with Gasteiger partial charge < -0.3 is 10.1 Å². The summed E-state index contributed by atoms with van der Waals surface area (Å²) in [6.45, 7) is 6.82. The summed E-state index contributed by atoms with van der Waals surface area (Å²) < 4.78 is 21.4. The molecule has 8 nitrogen and oxygen atoms in total. The molecule has 2 aromatic rings. The third-order valence-electron chi connectivity index (χ3n) is 3.38. The molecule has 0 aliphatic heterocycles. The summed E-state index contributed by atoms with van der Waals surface area (Å²) in [5.74, 6) is 0.407. The number of alkyl carbamates (subject to hydrolysis) is 1. The van der Waals surface area contributed by atoms with Crippen LogP contribution in [0.5, 0.6) is 0 Å². The van der Waals surface area contributed by atoms with Crippen LogP contribution in [-0.2, 0) is 11.3 Å². The molecule has 27 heavy (non-hydrogen) atoms. The average molecular weight is 442 g/mol. The van der Waals surface area contributed by atoms with Crippen molar-refractivity contribution in [2.24, 2.45) is 0 Å². The van der Waals surface area contributed by atoms with Crippen LogP contribution in [0.2, 0.25) is 0 Å². The van der Waals surface area contributed by atoms with Gasteiger partial charge in [0.05, 0.1) is 12.9 Å². The lowest BCUT2D eigenvalue weighted by molar-refractivity contribution is 0.0532. The third kappa shape index (κ3) is 5.75. The molecule has 0 spiro atoms. The topological polar surface area (TPSA) is 91.0 Å². The van der Waals surface area contributed by atoms with Crippen molar-refractivity contribution in [1.82, 2.24) is 24.6 Å². The number of halogens is 2. The number of hydrogen-bond acceptors (Lipinski definition) is 5. The molecule has 146 valence electrons. The predicted octanol–water partition coefficient (Wildman–Crippen LogP) is 2.88. The largest absolute Gasteiger partial charge is 0.444 e. The molecule has 0 atom stereocenters. The maximum absolute atomic E-state index is 13.2. The number of carbonyl (C=O) groups excluding carboxylic acids is 1. The summed E-state index contributed by atoms with van der Waals surface area (Å²) in [4.78, 5) is 28.3. The molecular formula is C17H21BrFN5O3.